The maximum atomic E-state index is 5.92. The summed E-state index contributed by atoms with van der Waals surface area (Å²) in [4.78, 5) is 7.54. The van der Waals surface area contributed by atoms with Crippen LogP contribution in [0.15, 0.2) is 34.7 Å². The Morgan fingerprint density at radius 1 is 1.37 bits per heavy atom. The van der Waals surface area contributed by atoms with Crippen LogP contribution in [0.3, 0.4) is 0 Å². The van der Waals surface area contributed by atoms with Crippen LogP contribution in [0.25, 0.3) is 11.1 Å². The predicted molar refractivity (Wildman–Crippen MR) is 79.9 cm³/mol. The highest BCUT2D eigenvalue weighted by Gasteiger charge is 2.11. The molecule has 0 aliphatic rings. The van der Waals surface area contributed by atoms with E-state index in [2.05, 4.69) is 4.98 Å². The summed E-state index contributed by atoms with van der Waals surface area (Å²) in [5.74, 6) is 0. The highest BCUT2D eigenvalue weighted by Crippen LogP contribution is 2.26. The third kappa shape index (κ3) is 2.52. The van der Waals surface area contributed by atoms with Crippen molar-refractivity contribution in [3.05, 3.63) is 39.5 Å². The van der Waals surface area contributed by atoms with E-state index in [4.69, 9.17) is 21.8 Å². The number of aromatic nitrogens is 1. The fourth-order valence-electron chi connectivity index (χ4n) is 1.83. The zero-order chi connectivity index (χ0) is 13.4. The molecule has 0 bridgehead atoms. The second-order valence-corrected chi connectivity index (χ2v) is 6.09. The maximum Gasteiger partial charge on any atom is 0.298 e. The van der Waals surface area contributed by atoms with Crippen LogP contribution < -0.4 is 10.6 Å². The van der Waals surface area contributed by atoms with Crippen LogP contribution in [0.4, 0.5) is 11.7 Å². The van der Waals surface area contributed by atoms with E-state index in [1.807, 2.05) is 36.2 Å². The first-order valence-electron chi connectivity index (χ1n) is 5.73. The Morgan fingerprint density at radius 2 is 2.21 bits per heavy atom. The number of rotatable bonds is 3. The molecule has 2 aromatic heterocycles. The normalized spacial score (nSPS) is 11.1. The van der Waals surface area contributed by atoms with Gasteiger partial charge < -0.3 is 15.1 Å². The van der Waals surface area contributed by atoms with E-state index in [9.17, 15) is 0 Å². The Hall–Kier alpha value is -1.72. The van der Waals surface area contributed by atoms with Crippen molar-refractivity contribution in [3.8, 4) is 0 Å². The Bertz CT molecular complexity index is 722. The molecule has 2 heterocycles. The average Bonchev–Trinajstić information content (AvgIpc) is 2.95. The van der Waals surface area contributed by atoms with Gasteiger partial charge in [0, 0.05) is 23.7 Å². The number of halogens is 1. The van der Waals surface area contributed by atoms with Gasteiger partial charge in [0.25, 0.3) is 6.01 Å². The minimum atomic E-state index is 0.574. The summed E-state index contributed by atoms with van der Waals surface area (Å²) in [5.41, 5.74) is 7.90. The van der Waals surface area contributed by atoms with Crippen LogP contribution in [0.5, 0.6) is 0 Å². The minimum absolute atomic E-state index is 0.574. The first-order valence-corrected chi connectivity index (χ1v) is 6.93. The van der Waals surface area contributed by atoms with Crippen LogP contribution in [-0.4, -0.2) is 12.0 Å². The molecule has 6 heteroatoms. The van der Waals surface area contributed by atoms with Gasteiger partial charge in [0.05, 0.1) is 10.9 Å². The van der Waals surface area contributed by atoms with Crippen molar-refractivity contribution < 1.29 is 4.42 Å². The number of hydrogen-bond donors (Lipinski definition) is 1. The fraction of sp³-hybridized carbons (Fsp3) is 0.154. The summed E-state index contributed by atoms with van der Waals surface area (Å²) in [6.45, 7) is 0.708. The highest BCUT2D eigenvalue weighted by atomic mass is 35.5. The SMILES string of the molecule is CN(Cc1ccc(Cl)s1)c1nc2ccc(N)cc2o1. The van der Waals surface area contributed by atoms with E-state index in [0.29, 0.717) is 23.8 Å². The summed E-state index contributed by atoms with van der Waals surface area (Å²) in [7, 11) is 1.93. The molecule has 0 aliphatic heterocycles. The fourth-order valence-corrected chi connectivity index (χ4v) is 2.97. The number of oxazole rings is 1. The average molecular weight is 294 g/mol. The molecule has 98 valence electrons. The zero-order valence-corrected chi connectivity index (χ0v) is 11.8. The maximum absolute atomic E-state index is 5.92. The number of nitrogen functional groups attached to an aromatic ring is 1. The third-order valence-corrected chi connectivity index (χ3v) is 3.97. The van der Waals surface area contributed by atoms with Crippen LogP contribution in [0.1, 0.15) is 4.88 Å². The molecular formula is C13H12ClN3OS. The second-order valence-electron chi connectivity index (χ2n) is 4.29. The second kappa shape index (κ2) is 4.75. The van der Waals surface area contributed by atoms with Crippen LogP contribution >= 0.6 is 22.9 Å². The Morgan fingerprint density at radius 3 is 2.95 bits per heavy atom. The molecule has 1 aromatic carbocycles. The Kier molecular flexibility index (Phi) is 3.08. The van der Waals surface area contributed by atoms with Crippen LogP contribution in [-0.2, 0) is 6.54 Å². The van der Waals surface area contributed by atoms with E-state index in [0.717, 1.165) is 14.7 Å². The van der Waals surface area contributed by atoms with E-state index in [1.165, 1.54) is 0 Å². The molecule has 3 aromatic rings. The summed E-state index contributed by atoms with van der Waals surface area (Å²) in [6.07, 6.45) is 0. The van der Waals surface area contributed by atoms with Gasteiger partial charge >= 0.3 is 0 Å². The van der Waals surface area contributed by atoms with E-state index in [-0.39, 0.29) is 0 Å². The molecule has 2 N–H and O–H groups in total. The van der Waals surface area contributed by atoms with Gasteiger partial charge in [-0.15, -0.1) is 11.3 Å². The largest absolute Gasteiger partial charge is 0.423 e. The molecule has 4 nitrogen and oxygen atoms in total. The number of benzene rings is 1. The summed E-state index contributed by atoms with van der Waals surface area (Å²) in [5, 5.41) is 0. The molecule has 0 aliphatic carbocycles. The lowest BCUT2D eigenvalue weighted by Gasteiger charge is -2.12. The molecule has 19 heavy (non-hydrogen) atoms. The monoisotopic (exact) mass is 293 g/mol. The van der Waals surface area contributed by atoms with Crippen molar-refractivity contribution in [1.82, 2.24) is 4.98 Å². The van der Waals surface area contributed by atoms with Crippen molar-refractivity contribution in [1.29, 1.82) is 0 Å². The molecule has 3 rings (SSSR count). The number of nitrogens with two attached hydrogens (primary N) is 1. The molecule has 0 radical (unpaired) electrons. The van der Waals surface area contributed by atoms with Gasteiger partial charge in [-0.1, -0.05) is 11.6 Å². The quantitative estimate of drug-likeness (QED) is 0.747. The van der Waals surface area contributed by atoms with Gasteiger partial charge in [0.15, 0.2) is 5.58 Å². The number of hydrogen-bond acceptors (Lipinski definition) is 5. The van der Waals surface area contributed by atoms with Crippen molar-refractivity contribution >= 4 is 45.7 Å². The molecule has 0 amide bonds. The summed E-state index contributed by atoms with van der Waals surface area (Å²) < 4.78 is 6.48. The van der Waals surface area contributed by atoms with Crippen molar-refractivity contribution in [2.75, 3.05) is 17.7 Å². The summed E-state index contributed by atoms with van der Waals surface area (Å²) in [6, 6.07) is 9.92. The highest BCUT2D eigenvalue weighted by molar-refractivity contribution is 7.16. The molecule has 0 saturated carbocycles. The number of anilines is 2. The third-order valence-electron chi connectivity index (χ3n) is 2.75. The van der Waals surface area contributed by atoms with E-state index < -0.39 is 0 Å². The van der Waals surface area contributed by atoms with Crippen molar-refractivity contribution in [2.24, 2.45) is 0 Å². The topological polar surface area (TPSA) is 55.3 Å². The van der Waals surface area contributed by atoms with Crippen LogP contribution in [0.2, 0.25) is 4.34 Å². The van der Waals surface area contributed by atoms with E-state index in [1.54, 1.807) is 17.4 Å². The van der Waals surface area contributed by atoms with Crippen molar-refractivity contribution in [2.45, 2.75) is 6.54 Å². The number of nitrogens with zero attached hydrogens (tertiary/aromatic N) is 2. The Labute approximate surface area is 119 Å². The standard InChI is InChI=1S/C13H12ClN3OS/c1-17(7-9-3-5-12(14)19-9)13-16-10-4-2-8(15)6-11(10)18-13/h2-6H,7,15H2,1H3. The first-order chi connectivity index (χ1) is 9.11. The molecule has 0 spiro atoms. The lowest BCUT2D eigenvalue weighted by atomic mass is 10.3. The minimum Gasteiger partial charge on any atom is -0.423 e. The first kappa shape index (κ1) is 12.3. The van der Waals surface area contributed by atoms with Gasteiger partial charge in [0.1, 0.15) is 5.52 Å². The van der Waals surface area contributed by atoms with E-state index >= 15 is 0 Å². The van der Waals surface area contributed by atoms with Crippen LogP contribution in [0, 0.1) is 0 Å². The van der Waals surface area contributed by atoms with Gasteiger partial charge in [-0.05, 0) is 24.3 Å². The molecule has 0 atom stereocenters. The molecule has 0 fully saturated rings. The van der Waals surface area contributed by atoms with Gasteiger partial charge in [-0.2, -0.15) is 4.98 Å². The number of thiophene rings is 1. The molecular weight excluding hydrogens is 282 g/mol. The molecule has 0 saturated heterocycles. The van der Waals surface area contributed by atoms with Gasteiger partial charge in [0.2, 0.25) is 0 Å². The smallest absolute Gasteiger partial charge is 0.298 e. The van der Waals surface area contributed by atoms with Gasteiger partial charge in [-0.25, -0.2) is 0 Å². The zero-order valence-electron chi connectivity index (χ0n) is 10.3. The summed E-state index contributed by atoms with van der Waals surface area (Å²) >= 11 is 7.47. The lowest BCUT2D eigenvalue weighted by Crippen LogP contribution is -2.15. The lowest BCUT2D eigenvalue weighted by molar-refractivity contribution is 0.583. The Balaban J connectivity index is 1.86. The van der Waals surface area contributed by atoms with Gasteiger partial charge in [-0.3, -0.25) is 0 Å². The predicted octanol–water partition coefficient (Wildman–Crippen LogP) is 3.76. The number of fused-ring (bicyclic) bond motifs is 1. The molecule has 0 unspecified atom stereocenters. The van der Waals surface area contributed by atoms with Crippen molar-refractivity contribution in [3.63, 3.8) is 0 Å².